The van der Waals surface area contributed by atoms with Gasteiger partial charge in [-0.1, -0.05) is 18.2 Å². The molecule has 0 aliphatic rings. The number of rotatable bonds is 10. The molecule has 0 aliphatic heterocycles. The number of nitrogens with zero attached hydrogens (tertiary/aromatic N) is 2. The average Bonchev–Trinajstić information content (AvgIpc) is 2.92. The quantitative estimate of drug-likeness (QED) is 0.313. The lowest BCUT2D eigenvalue weighted by Gasteiger charge is -2.22. The van der Waals surface area contributed by atoms with E-state index in [1.54, 1.807) is 36.4 Å². The van der Waals surface area contributed by atoms with Gasteiger partial charge in [0.2, 0.25) is 11.7 Å². The number of aryl methyl sites for hydroxylation is 1. The van der Waals surface area contributed by atoms with Crippen molar-refractivity contribution in [2.24, 2.45) is 0 Å². The molecule has 0 spiro atoms. The first-order valence-corrected chi connectivity index (χ1v) is 12.1. The molecule has 0 unspecified atom stereocenters. The summed E-state index contributed by atoms with van der Waals surface area (Å²) in [5, 5.41) is 14.0. The molecule has 4 aromatic rings. The minimum absolute atomic E-state index is 0.101. The van der Waals surface area contributed by atoms with Crippen LogP contribution in [0.25, 0.3) is 10.9 Å². The maximum atomic E-state index is 13.1. The summed E-state index contributed by atoms with van der Waals surface area (Å²) >= 11 is 0. The second-order valence-electron chi connectivity index (χ2n) is 8.73. The Balaban J connectivity index is 1.63. The van der Waals surface area contributed by atoms with E-state index in [1.165, 1.54) is 45.2 Å². The van der Waals surface area contributed by atoms with Crippen molar-refractivity contribution in [1.29, 1.82) is 0 Å². The summed E-state index contributed by atoms with van der Waals surface area (Å²) in [6.45, 7) is 1.85. The lowest BCUT2D eigenvalue weighted by atomic mass is 9.87. The molecule has 2 N–H and O–H groups in total. The fourth-order valence-corrected chi connectivity index (χ4v) is 4.53. The lowest BCUT2D eigenvalue weighted by molar-refractivity contribution is -0.121. The van der Waals surface area contributed by atoms with Crippen LogP contribution in [0.4, 0.5) is 0 Å². The average molecular weight is 536 g/mol. The number of carbonyl (C=O) groups is 1. The van der Waals surface area contributed by atoms with Crippen LogP contribution in [0.5, 0.6) is 23.0 Å². The highest BCUT2D eigenvalue weighted by atomic mass is 16.5. The molecule has 0 saturated heterocycles. The summed E-state index contributed by atoms with van der Waals surface area (Å²) < 4.78 is 23.1. The van der Waals surface area contributed by atoms with Crippen molar-refractivity contribution in [3.63, 3.8) is 0 Å². The normalized spacial score (nSPS) is 11.7. The molecule has 1 atom stereocenters. The maximum Gasteiger partial charge on any atom is 0.343 e. The van der Waals surface area contributed by atoms with Crippen LogP contribution in [0.3, 0.4) is 0 Å². The zero-order chi connectivity index (χ0) is 28.1. The number of fused-ring (bicyclic) bond motifs is 1. The highest BCUT2D eigenvalue weighted by Gasteiger charge is 2.30. The van der Waals surface area contributed by atoms with E-state index in [0.29, 0.717) is 22.2 Å². The first kappa shape index (κ1) is 27.2. The zero-order valence-electron chi connectivity index (χ0n) is 22.0. The molecule has 0 saturated carbocycles. The number of methoxy groups -OCH3 is 3. The van der Waals surface area contributed by atoms with Crippen LogP contribution in [-0.2, 0) is 11.3 Å². The van der Waals surface area contributed by atoms with E-state index in [0.717, 1.165) is 0 Å². The van der Waals surface area contributed by atoms with E-state index < -0.39 is 17.5 Å². The van der Waals surface area contributed by atoms with Crippen LogP contribution >= 0.6 is 0 Å². The van der Waals surface area contributed by atoms with Crippen molar-refractivity contribution in [3.8, 4) is 23.0 Å². The van der Waals surface area contributed by atoms with Crippen molar-refractivity contribution in [3.05, 3.63) is 86.5 Å². The number of nitrogens with one attached hydrogen (secondary N) is 1. The molecule has 0 radical (unpaired) electrons. The smallest absolute Gasteiger partial charge is 0.343 e. The fourth-order valence-electron chi connectivity index (χ4n) is 4.53. The monoisotopic (exact) mass is 535 g/mol. The molecule has 2 heterocycles. The van der Waals surface area contributed by atoms with Gasteiger partial charge < -0.3 is 29.1 Å². The molecule has 39 heavy (non-hydrogen) atoms. The van der Waals surface area contributed by atoms with E-state index in [-0.39, 0.29) is 53.6 Å². The minimum atomic E-state index is -0.957. The van der Waals surface area contributed by atoms with Crippen LogP contribution in [-0.4, -0.2) is 48.4 Å². The van der Waals surface area contributed by atoms with Crippen LogP contribution in [0.1, 0.15) is 29.2 Å². The number of benzene rings is 2. The van der Waals surface area contributed by atoms with Gasteiger partial charge in [-0.05, 0) is 25.1 Å². The predicted octanol–water partition coefficient (Wildman–Crippen LogP) is 2.73. The third kappa shape index (κ3) is 5.57. The third-order valence-electron chi connectivity index (χ3n) is 6.34. The molecule has 4 rings (SSSR count). The Morgan fingerprint density at radius 3 is 2.51 bits per heavy atom. The zero-order valence-corrected chi connectivity index (χ0v) is 22.0. The second-order valence-corrected chi connectivity index (χ2v) is 8.73. The number of para-hydroxylation sites is 1. The molecular weight excluding hydrogens is 506 g/mol. The van der Waals surface area contributed by atoms with Gasteiger partial charge in [-0.25, -0.2) is 9.78 Å². The molecule has 0 fully saturated rings. The molecule has 0 aliphatic carbocycles. The molecular formula is C28H29N3O8. The van der Waals surface area contributed by atoms with Crippen LogP contribution < -0.4 is 30.7 Å². The lowest BCUT2D eigenvalue weighted by Crippen LogP contribution is -2.32. The number of aromatic hydroxyl groups is 1. The first-order valence-electron chi connectivity index (χ1n) is 12.1. The highest BCUT2D eigenvalue weighted by Crippen LogP contribution is 2.45. The van der Waals surface area contributed by atoms with E-state index in [2.05, 4.69) is 10.3 Å². The predicted molar refractivity (Wildman–Crippen MR) is 143 cm³/mol. The van der Waals surface area contributed by atoms with Gasteiger partial charge in [-0.15, -0.1) is 0 Å². The molecule has 204 valence electrons. The van der Waals surface area contributed by atoms with Crippen LogP contribution in [0.15, 0.2) is 62.8 Å². The first-order chi connectivity index (χ1) is 18.8. The Hall–Kier alpha value is -4.80. The number of carbonyl (C=O) groups excluding carboxylic acids is 1. The number of hydrogen-bond acceptors (Lipinski definition) is 9. The second kappa shape index (κ2) is 11.7. The SMILES string of the molecule is COc1ccc([C@H](CC(=O)NCCn2cnc3ccccc3c2=O)c2c(O)cc(C)oc2=O)c(OC)c1OC. The van der Waals surface area contributed by atoms with Crippen molar-refractivity contribution in [1.82, 2.24) is 14.9 Å². The Morgan fingerprint density at radius 1 is 1.08 bits per heavy atom. The van der Waals surface area contributed by atoms with Gasteiger partial charge in [0.15, 0.2) is 11.5 Å². The molecule has 2 aromatic heterocycles. The van der Waals surface area contributed by atoms with Gasteiger partial charge in [0, 0.05) is 37.1 Å². The van der Waals surface area contributed by atoms with Crippen LogP contribution in [0, 0.1) is 6.92 Å². The number of ether oxygens (including phenoxy) is 3. The molecule has 2 aromatic carbocycles. The summed E-state index contributed by atoms with van der Waals surface area (Å²) in [5.74, 6) is -0.592. The Morgan fingerprint density at radius 2 is 1.82 bits per heavy atom. The van der Waals surface area contributed by atoms with E-state index in [4.69, 9.17) is 18.6 Å². The third-order valence-corrected chi connectivity index (χ3v) is 6.34. The fraction of sp³-hybridized carbons (Fsp3) is 0.286. The highest BCUT2D eigenvalue weighted by molar-refractivity contribution is 5.78. The van der Waals surface area contributed by atoms with Gasteiger partial charge >= 0.3 is 5.63 Å². The topological polar surface area (TPSA) is 142 Å². The van der Waals surface area contributed by atoms with Crippen molar-refractivity contribution in [2.45, 2.75) is 25.8 Å². The summed E-state index contributed by atoms with van der Waals surface area (Å²) in [6, 6.07) is 11.6. The van der Waals surface area contributed by atoms with Gasteiger partial charge in [-0.2, -0.15) is 0 Å². The maximum absolute atomic E-state index is 13.1. The molecule has 0 bridgehead atoms. The molecule has 1 amide bonds. The minimum Gasteiger partial charge on any atom is -0.507 e. The van der Waals surface area contributed by atoms with Gasteiger partial charge in [-0.3, -0.25) is 14.2 Å². The standard InChI is InChI=1S/C28H29N3O8/c1-16-13-21(32)24(28(35)39-16)19(17-9-10-22(36-2)26(38-4)25(17)37-3)14-23(33)29-11-12-31-15-30-20-8-6-5-7-18(20)27(31)34/h5-10,13,15,19,32H,11-12,14H2,1-4H3,(H,29,33)/t19-/m0/s1. The Kier molecular flexibility index (Phi) is 8.18. The van der Waals surface area contributed by atoms with E-state index >= 15 is 0 Å². The number of aromatic nitrogens is 2. The molecule has 11 nitrogen and oxygen atoms in total. The summed E-state index contributed by atoms with van der Waals surface area (Å²) in [5.41, 5.74) is -0.102. The largest absolute Gasteiger partial charge is 0.507 e. The van der Waals surface area contributed by atoms with Gasteiger partial charge in [0.05, 0.1) is 44.1 Å². The number of amides is 1. The van der Waals surface area contributed by atoms with E-state index in [1.807, 2.05) is 0 Å². The molecule has 11 heteroatoms. The Labute approximate surface area is 223 Å². The van der Waals surface area contributed by atoms with Crippen molar-refractivity contribution >= 4 is 16.8 Å². The van der Waals surface area contributed by atoms with Crippen molar-refractivity contribution in [2.75, 3.05) is 27.9 Å². The summed E-state index contributed by atoms with van der Waals surface area (Å²) in [6.07, 6.45) is 1.20. The van der Waals surface area contributed by atoms with Crippen LogP contribution in [0.2, 0.25) is 0 Å². The van der Waals surface area contributed by atoms with Gasteiger partial charge in [0.25, 0.3) is 5.56 Å². The van der Waals surface area contributed by atoms with Crippen molar-refractivity contribution < 1.29 is 28.5 Å². The van der Waals surface area contributed by atoms with Gasteiger partial charge in [0.1, 0.15) is 11.5 Å². The Bertz CT molecular complexity index is 1630. The number of hydrogen-bond donors (Lipinski definition) is 2. The van der Waals surface area contributed by atoms with E-state index in [9.17, 15) is 19.5 Å². The summed E-state index contributed by atoms with van der Waals surface area (Å²) in [4.78, 5) is 43.0. The summed E-state index contributed by atoms with van der Waals surface area (Å²) in [7, 11) is 4.33.